The molecule has 1 aromatic carbocycles. The van der Waals surface area contributed by atoms with Gasteiger partial charge in [0.1, 0.15) is 16.7 Å². The molecule has 1 amide bonds. The third-order valence-electron chi connectivity index (χ3n) is 5.93. The fraction of sp³-hybridized carbons (Fsp3) is 0.409. The van der Waals surface area contributed by atoms with Crippen molar-refractivity contribution in [2.75, 3.05) is 14.2 Å². The van der Waals surface area contributed by atoms with Gasteiger partial charge in [0.05, 0.1) is 32.0 Å². The lowest BCUT2D eigenvalue weighted by Gasteiger charge is -2.49. The molecule has 0 aliphatic carbocycles. The summed E-state index contributed by atoms with van der Waals surface area (Å²) in [4.78, 5) is 32.0. The Morgan fingerprint density at radius 1 is 1.20 bits per heavy atom. The number of aromatic nitrogens is 1. The molecule has 0 radical (unpaired) electrons. The molecule has 1 N–H and O–H groups in total. The van der Waals surface area contributed by atoms with E-state index in [0.29, 0.717) is 17.1 Å². The van der Waals surface area contributed by atoms with E-state index in [-0.39, 0.29) is 23.8 Å². The van der Waals surface area contributed by atoms with Gasteiger partial charge in [-0.1, -0.05) is 24.6 Å². The number of carbonyl (C=O) groups is 2. The Morgan fingerprint density at radius 3 is 2.47 bits per heavy atom. The van der Waals surface area contributed by atoms with Crippen LogP contribution in [0.5, 0.6) is 11.5 Å². The number of fused-ring (bicyclic) bond motifs is 1. The molecule has 30 heavy (non-hydrogen) atoms. The van der Waals surface area contributed by atoms with Gasteiger partial charge in [0.15, 0.2) is 5.41 Å². The molecule has 8 heteroatoms. The van der Waals surface area contributed by atoms with Gasteiger partial charge in [0.2, 0.25) is 5.91 Å². The van der Waals surface area contributed by atoms with Crippen LogP contribution in [0.2, 0.25) is 5.15 Å². The second-order valence-corrected chi connectivity index (χ2v) is 8.11. The molecule has 2 aromatic rings. The molecule has 0 spiro atoms. The van der Waals surface area contributed by atoms with Gasteiger partial charge >= 0.3 is 5.97 Å². The van der Waals surface area contributed by atoms with Crippen LogP contribution < -0.4 is 9.47 Å². The van der Waals surface area contributed by atoms with Crippen LogP contribution in [0, 0.1) is 0 Å². The van der Waals surface area contributed by atoms with Gasteiger partial charge in [-0.05, 0) is 38.5 Å². The number of benzene rings is 1. The number of amides is 1. The summed E-state index contributed by atoms with van der Waals surface area (Å²) in [6, 6.07) is 8.69. The molecule has 1 aliphatic heterocycles. The van der Waals surface area contributed by atoms with E-state index in [4.69, 9.17) is 21.1 Å². The fourth-order valence-corrected chi connectivity index (χ4v) is 4.22. The average molecular weight is 433 g/mol. The highest BCUT2D eigenvalue weighted by Crippen LogP contribution is 2.46. The first-order valence-electron chi connectivity index (χ1n) is 9.57. The van der Waals surface area contributed by atoms with Crippen LogP contribution in [0.25, 0.3) is 0 Å². The molecule has 0 fully saturated rings. The van der Waals surface area contributed by atoms with E-state index < -0.39 is 22.8 Å². The Hall–Kier alpha value is -2.80. The zero-order valence-corrected chi connectivity index (χ0v) is 18.4. The van der Waals surface area contributed by atoms with Crippen molar-refractivity contribution in [2.45, 2.75) is 44.7 Å². The normalized spacial score (nSPS) is 19.9. The largest absolute Gasteiger partial charge is 0.497 e. The summed E-state index contributed by atoms with van der Waals surface area (Å²) in [5.74, 6) is -0.594. The second-order valence-electron chi connectivity index (χ2n) is 7.72. The zero-order valence-electron chi connectivity index (χ0n) is 17.7. The third kappa shape index (κ3) is 3.17. The minimum absolute atomic E-state index is 0.0494. The van der Waals surface area contributed by atoms with E-state index in [2.05, 4.69) is 4.98 Å². The Labute approximate surface area is 180 Å². The van der Waals surface area contributed by atoms with Crippen LogP contribution in [-0.4, -0.2) is 41.1 Å². The van der Waals surface area contributed by atoms with Gasteiger partial charge < -0.3 is 19.5 Å². The van der Waals surface area contributed by atoms with Crippen molar-refractivity contribution in [1.29, 1.82) is 0 Å². The molecule has 0 saturated heterocycles. The number of hydrogen-bond donors (Lipinski definition) is 1. The molecule has 160 valence electrons. The fourth-order valence-electron chi connectivity index (χ4n) is 4.07. The van der Waals surface area contributed by atoms with Gasteiger partial charge in [-0.3, -0.25) is 9.59 Å². The average Bonchev–Trinajstić information content (AvgIpc) is 2.71. The SMILES string of the molecule is CCC1(C(=O)O)C(=O)N(Cc2ccc(OC)cc2OC)C(C)(C)c2ccc(Cl)nc21. The molecular formula is C22H25ClN2O5. The Bertz CT molecular complexity index is 1010. The van der Waals surface area contributed by atoms with Crippen molar-refractivity contribution in [3.05, 3.63) is 52.3 Å². The van der Waals surface area contributed by atoms with E-state index in [1.54, 1.807) is 43.2 Å². The number of hydrogen-bond acceptors (Lipinski definition) is 5. The van der Waals surface area contributed by atoms with Gasteiger partial charge in [0, 0.05) is 17.2 Å². The maximum Gasteiger partial charge on any atom is 0.325 e. The maximum atomic E-state index is 13.7. The molecule has 0 saturated carbocycles. The quantitative estimate of drug-likeness (QED) is 0.552. The molecule has 7 nitrogen and oxygen atoms in total. The first-order chi connectivity index (χ1) is 14.1. The highest BCUT2D eigenvalue weighted by Gasteiger charge is 2.58. The van der Waals surface area contributed by atoms with E-state index in [0.717, 1.165) is 5.56 Å². The predicted octanol–water partition coefficient (Wildman–Crippen LogP) is 3.76. The third-order valence-corrected chi connectivity index (χ3v) is 6.14. The van der Waals surface area contributed by atoms with Gasteiger partial charge in [0.25, 0.3) is 0 Å². The van der Waals surface area contributed by atoms with Crippen LogP contribution in [0.1, 0.15) is 44.0 Å². The monoisotopic (exact) mass is 432 g/mol. The Morgan fingerprint density at radius 2 is 1.90 bits per heavy atom. The summed E-state index contributed by atoms with van der Waals surface area (Å²) in [6.45, 7) is 5.58. The molecule has 0 bridgehead atoms. The van der Waals surface area contributed by atoms with Crippen molar-refractivity contribution in [3.63, 3.8) is 0 Å². The molecular weight excluding hydrogens is 408 g/mol. The first kappa shape index (κ1) is 21.9. The number of carboxylic acid groups (broad SMARTS) is 1. The minimum atomic E-state index is -1.81. The second kappa shape index (κ2) is 7.80. The van der Waals surface area contributed by atoms with Gasteiger partial charge in [-0.25, -0.2) is 4.98 Å². The molecule has 1 atom stereocenters. The summed E-state index contributed by atoms with van der Waals surface area (Å²) in [5.41, 5.74) is -1.03. The zero-order chi connectivity index (χ0) is 22.3. The van der Waals surface area contributed by atoms with Crippen molar-refractivity contribution >= 4 is 23.5 Å². The van der Waals surface area contributed by atoms with Gasteiger partial charge in [-0.2, -0.15) is 0 Å². The molecule has 1 aromatic heterocycles. The summed E-state index contributed by atoms with van der Waals surface area (Å²) in [6.07, 6.45) is 0.0494. The molecule has 2 heterocycles. The first-order valence-corrected chi connectivity index (χ1v) is 9.95. The predicted molar refractivity (Wildman–Crippen MR) is 112 cm³/mol. The number of methoxy groups -OCH3 is 2. The van der Waals surface area contributed by atoms with Crippen LogP contribution in [0.15, 0.2) is 30.3 Å². The lowest BCUT2D eigenvalue weighted by Crippen LogP contribution is -2.61. The van der Waals surface area contributed by atoms with Crippen molar-refractivity contribution in [3.8, 4) is 11.5 Å². The number of carboxylic acids is 1. The number of carbonyl (C=O) groups excluding carboxylic acids is 1. The minimum Gasteiger partial charge on any atom is -0.497 e. The molecule has 1 aliphatic rings. The van der Waals surface area contributed by atoms with E-state index in [9.17, 15) is 14.7 Å². The molecule has 3 rings (SSSR count). The number of aliphatic carboxylic acids is 1. The van der Waals surface area contributed by atoms with Crippen LogP contribution in [0.4, 0.5) is 0 Å². The smallest absolute Gasteiger partial charge is 0.325 e. The van der Waals surface area contributed by atoms with Crippen molar-refractivity contribution in [2.24, 2.45) is 0 Å². The summed E-state index contributed by atoms with van der Waals surface area (Å²) >= 11 is 6.08. The summed E-state index contributed by atoms with van der Waals surface area (Å²) < 4.78 is 10.7. The Balaban J connectivity index is 2.20. The van der Waals surface area contributed by atoms with E-state index in [1.165, 1.54) is 7.11 Å². The number of halogens is 1. The lowest BCUT2D eigenvalue weighted by molar-refractivity contribution is -0.160. The van der Waals surface area contributed by atoms with Crippen LogP contribution >= 0.6 is 11.6 Å². The highest BCUT2D eigenvalue weighted by atomic mass is 35.5. The van der Waals surface area contributed by atoms with Gasteiger partial charge in [-0.15, -0.1) is 0 Å². The van der Waals surface area contributed by atoms with Crippen LogP contribution in [-0.2, 0) is 27.1 Å². The van der Waals surface area contributed by atoms with Crippen LogP contribution in [0.3, 0.4) is 0 Å². The lowest BCUT2D eigenvalue weighted by atomic mass is 9.69. The molecule has 1 unspecified atom stereocenters. The van der Waals surface area contributed by atoms with Crippen molar-refractivity contribution in [1.82, 2.24) is 9.88 Å². The number of ether oxygens (including phenoxy) is 2. The number of nitrogens with zero attached hydrogens (tertiary/aromatic N) is 2. The topological polar surface area (TPSA) is 89.0 Å². The number of rotatable bonds is 6. The number of pyridine rings is 1. The summed E-state index contributed by atoms with van der Waals surface area (Å²) in [7, 11) is 3.10. The van der Waals surface area contributed by atoms with E-state index >= 15 is 0 Å². The summed E-state index contributed by atoms with van der Waals surface area (Å²) in [5, 5.41) is 10.3. The maximum absolute atomic E-state index is 13.7. The standard InChI is InChI=1S/C22H25ClN2O5/c1-6-22(20(27)28)18-15(9-10-17(23)24-18)21(2,3)25(19(22)26)12-13-7-8-14(29-4)11-16(13)30-5/h7-11H,6,12H2,1-5H3,(H,27,28). The highest BCUT2D eigenvalue weighted by molar-refractivity contribution is 6.29. The Kier molecular flexibility index (Phi) is 5.69. The van der Waals surface area contributed by atoms with E-state index in [1.807, 2.05) is 19.9 Å². The van der Waals surface area contributed by atoms with Crippen molar-refractivity contribution < 1.29 is 24.2 Å².